The van der Waals surface area contributed by atoms with Gasteiger partial charge in [-0.1, -0.05) is 32.9 Å². The molecule has 1 aromatic carbocycles. The Morgan fingerprint density at radius 3 is 2.37 bits per heavy atom. The van der Waals surface area contributed by atoms with Crippen LogP contribution in [0.15, 0.2) is 30.3 Å². The van der Waals surface area contributed by atoms with Crippen molar-refractivity contribution in [1.29, 1.82) is 0 Å². The Labute approximate surface area is 159 Å². The van der Waals surface area contributed by atoms with E-state index in [1.807, 2.05) is 26.8 Å². The lowest BCUT2D eigenvalue weighted by Crippen LogP contribution is -2.29. The summed E-state index contributed by atoms with van der Waals surface area (Å²) < 4.78 is 1.79. The second kappa shape index (κ2) is 7.38. The number of hydrogen-bond acceptors (Lipinski definition) is 5. The third kappa shape index (κ3) is 5.06. The summed E-state index contributed by atoms with van der Waals surface area (Å²) in [6.07, 6.45) is 0. The SMILES string of the molecule is CC(C)(C)c1cc(NC(=O)CNc2ccccc2[N+](=O)[O-])n(C(C)(C)C)n1. The average Bonchev–Trinajstić information content (AvgIpc) is 2.97. The van der Waals surface area contributed by atoms with E-state index in [0.29, 0.717) is 11.5 Å². The van der Waals surface area contributed by atoms with Crippen LogP contribution < -0.4 is 10.6 Å². The summed E-state index contributed by atoms with van der Waals surface area (Å²) in [4.78, 5) is 23.0. The lowest BCUT2D eigenvalue weighted by Gasteiger charge is -2.23. The summed E-state index contributed by atoms with van der Waals surface area (Å²) >= 11 is 0. The molecule has 2 aromatic rings. The molecule has 1 amide bonds. The van der Waals surface area contributed by atoms with Gasteiger partial charge < -0.3 is 10.6 Å². The van der Waals surface area contributed by atoms with Crippen molar-refractivity contribution in [2.75, 3.05) is 17.2 Å². The number of benzene rings is 1. The first-order valence-electron chi connectivity index (χ1n) is 8.78. The molecule has 0 bridgehead atoms. The summed E-state index contributed by atoms with van der Waals surface area (Å²) in [5.41, 5.74) is 0.646. The topological polar surface area (TPSA) is 102 Å². The quantitative estimate of drug-likeness (QED) is 0.611. The molecular weight excluding hydrogens is 346 g/mol. The maximum Gasteiger partial charge on any atom is 0.292 e. The number of amides is 1. The van der Waals surface area contributed by atoms with Gasteiger partial charge in [-0.25, -0.2) is 4.68 Å². The standard InChI is InChI=1S/C19H27N5O3/c1-18(2,3)15-11-16(23(22-15)19(4,5)6)21-17(25)12-20-13-9-7-8-10-14(13)24(26)27/h7-11,20H,12H2,1-6H3,(H,21,25). The number of nitro benzene ring substituents is 1. The molecule has 2 N–H and O–H groups in total. The zero-order valence-electron chi connectivity index (χ0n) is 16.7. The van der Waals surface area contributed by atoms with Crippen LogP contribution in [0, 0.1) is 10.1 Å². The third-order valence-corrected chi connectivity index (χ3v) is 3.92. The number of carbonyl (C=O) groups excluding carboxylic acids is 1. The molecule has 0 saturated heterocycles. The van der Waals surface area contributed by atoms with Gasteiger partial charge in [-0.3, -0.25) is 14.9 Å². The molecule has 1 heterocycles. The smallest absolute Gasteiger partial charge is 0.292 e. The van der Waals surface area contributed by atoms with E-state index in [1.54, 1.807) is 22.9 Å². The Morgan fingerprint density at radius 1 is 1.19 bits per heavy atom. The number of nitrogens with zero attached hydrogens (tertiary/aromatic N) is 3. The maximum atomic E-state index is 12.4. The Kier molecular flexibility index (Phi) is 5.58. The van der Waals surface area contributed by atoms with Crippen LogP contribution in [-0.4, -0.2) is 27.2 Å². The van der Waals surface area contributed by atoms with Gasteiger partial charge in [0.25, 0.3) is 5.69 Å². The van der Waals surface area contributed by atoms with E-state index in [1.165, 1.54) is 6.07 Å². The monoisotopic (exact) mass is 373 g/mol. The molecule has 0 spiro atoms. The Bertz CT molecular complexity index is 844. The maximum absolute atomic E-state index is 12.4. The largest absolute Gasteiger partial charge is 0.371 e. The molecule has 8 nitrogen and oxygen atoms in total. The molecule has 1 aromatic heterocycles. The van der Waals surface area contributed by atoms with Crippen LogP contribution in [0.4, 0.5) is 17.2 Å². The van der Waals surface area contributed by atoms with E-state index < -0.39 is 4.92 Å². The molecular formula is C19H27N5O3. The number of nitrogens with one attached hydrogen (secondary N) is 2. The molecule has 0 aliphatic carbocycles. The van der Waals surface area contributed by atoms with Gasteiger partial charge in [-0.2, -0.15) is 5.10 Å². The summed E-state index contributed by atoms with van der Waals surface area (Å²) in [6.45, 7) is 12.1. The fourth-order valence-electron chi connectivity index (χ4n) is 2.49. The normalized spacial score (nSPS) is 11.9. The van der Waals surface area contributed by atoms with Crippen molar-refractivity contribution in [3.05, 3.63) is 46.1 Å². The fraction of sp³-hybridized carbons (Fsp3) is 0.474. The van der Waals surface area contributed by atoms with Crippen molar-refractivity contribution in [2.45, 2.75) is 52.5 Å². The summed E-state index contributed by atoms with van der Waals surface area (Å²) in [6, 6.07) is 8.10. The molecule has 0 saturated carbocycles. The van der Waals surface area contributed by atoms with E-state index in [4.69, 9.17) is 0 Å². The third-order valence-electron chi connectivity index (χ3n) is 3.92. The number of aromatic nitrogens is 2. The molecule has 0 aliphatic rings. The van der Waals surface area contributed by atoms with Gasteiger partial charge in [0.05, 0.1) is 22.7 Å². The van der Waals surface area contributed by atoms with Crippen LogP contribution in [0.3, 0.4) is 0 Å². The molecule has 0 atom stereocenters. The van der Waals surface area contributed by atoms with Gasteiger partial charge in [0.2, 0.25) is 5.91 Å². The zero-order chi connectivity index (χ0) is 20.4. The summed E-state index contributed by atoms with van der Waals surface area (Å²) in [5.74, 6) is 0.292. The van der Waals surface area contributed by atoms with E-state index in [9.17, 15) is 14.9 Å². The minimum atomic E-state index is -0.482. The number of carbonyl (C=O) groups is 1. The van der Waals surface area contributed by atoms with E-state index in [2.05, 4.69) is 36.5 Å². The molecule has 27 heavy (non-hydrogen) atoms. The van der Waals surface area contributed by atoms with Crippen LogP contribution in [0.2, 0.25) is 0 Å². The van der Waals surface area contributed by atoms with Crippen LogP contribution in [0.1, 0.15) is 47.2 Å². The summed E-state index contributed by atoms with van der Waals surface area (Å²) in [5, 5.41) is 21.4. The first-order valence-corrected chi connectivity index (χ1v) is 8.78. The molecule has 146 valence electrons. The highest BCUT2D eigenvalue weighted by Crippen LogP contribution is 2.28. The van der Waals surface area contributed by atoms with Gasteiger partial charge >= 0.3 is 0 Å². The average molecular weight is 373 g/mol. The minimum absolute atomic E-state index is 0.0694. The summed E-state index contributed by atoms with van der Waals surface area (Å²) in [7, 11) is 0. The Hall–Kier alpha value is -2.90. The zero-order valence-corrected chi connectivity index (χ0v) is 16.7. The number of anilines is 2. The first kappa shape index (κ1) is 20.4. The highest BCUT2D eigenvalue weighted by atomic mass is 16.6. The Morgan fingerprint density at radius 2 is 1.81 bits per heavy atom. The predicted molar refractivity (Wildman–Crippen MR) is 106 cm³/mol. The van der Waals surface area contributed by atoms with E-state index in [-0.39, 0.29) is 29.1 Å². The predicted octanol–water partition coefficient (Wildman–Crippen LogP) is 3.89. The van der Waals surface area contributed by atoms with Gasteiger partial charge in [0.15, 0.2) is 0 Å². The van der Waals surface area contributed by atoms with Crippen molar-refractivity contribution in [1.82, 2.24) is 9.78 Å². The Balaban J connectivity index is 2.17. The van der Waals surface area contributed by atoms with Crippen molar-refractivity contribution in [2.24, 2.45) is 0 Å². The van der Waals surface area contributed by atoms with Crippen LogP contribution in [0.5, 0.6) is 0 Å². The van der Waals surface area contributed by atoms with Crippen molar-refractivity contribution >= 4 is 23.1 Å². The first-order chi connectivity index (χ1) is 12.4. The van der Waals surface area contributed by atoms with Gasteiger partial charge in [-0.05, 0) is 26.8 Å². The molecule has 0 aliphatic heterocycles. The highest BCUT2D eigenvalue weighted by molar-refractivity contribution is 5.93. The highest BCUT2D eigenvalue weighted by Gasteiger charge is 2.25. The van der Waals surface area contributed by atoms with Crippen molar-refractivity contribution < 1.29 is 9.72 Å². The van der Waals surface area contributed by atoms with Gasteiger partial charge in [0.1, 0.15) is 11.5 Å². The lowest BCUT2D eigenvalue weighted by molar-refractivity contribution is -0.383. The molecule has 8 heteroatoms. The number of nitro groups is 1. The molecule has 0 fully saturated rings. The second-order valence-corrected chi connectivity index (χ2v) is 8.42. The van der Waals surface area contributed by atoms with Gasteiger partial charge in [-0.15, -0.1) is 0 Å². The van der Waals surface area contributed by atoms with Crippen molar-refractivity contribution in [3.8, 4) is 0 Å². The number of rotatable bonds is 5. The van der Waals surface area contributed by atoms with Crippen molar-refractivity contribution in [3.63, 3.8) is 0 Å². The molecule has 0 radical (unpaired) electrons. The number of para-hydroxylation sites is 2. The second-order valence-electron chi connectivity index (χ2n) is 8.42. The lowest BCUT2D eigenvalue weighted by atomic mass is 9.92. The number of hydrogen-bond donors (Lipinski definition) is 2. The molecule has 2 rings (SSSR count). The van der Waals surface area contributed by atoms with Crippen LogP contribution in [-0.2, 0) is 15.7 Å². The minimum Gasteiger partial charge on any atom is -0.371 e. The fourth-order valence-corrected chi connectivity index (χ4v) is 2.49. The van der Waals surface area contributed by atoms with E-state index >= 15 is 0 Å². The van der Waals surface area contributed by atoms with Crippen LogP contribution in [0.25, 0.3) is 0 Å². The van der Waals surface area contributed by atoms with E-state index in [0.717, 1.165) is 5.69 Å². The molecule has 0 unspecified atom stereocenters. The van der Waals surface area contributed by atoms with Gasteiger partial charge in [0, 0.05) is 17.5 Å². The van der Waals surface area contributed by atoms with Crippen LogP contribution >= 0.6 is 0 Å².